The van der Waals surface area contributed by atoms with Crippen LogP contribution in [0.15, 0.2) is 108 Å². The molecule has 0 saturated heterocycles. The van der Waals surface area contributed by atoms with E-state index in [4.69, 9.17) is 4.42 Å². The van der Waals surface area contributed by atoms with Crippen molar-refractivity contribution in [3.63, 3.8) is 0 Å². The number of hydrogen-bond donors (Lipinski definition) is 0. The first-order valence-electron chi connectivity index (χ1n) is 11.7. The first-order chi connectivity index (χ1) is 17.8. The maximum atomic E-state index is 9.89. The summed E-state index contributed by atoms with van der Waals surface area (Å²) >= 11 is 0. The van der Waals surface area contributed by atoms with Gasteiger partial charge in [-0.3, -0.25) is 0 Å². The summed E-state index contributed by atoms with van der Waals surface area (Å²) in [5, 5.41) is 23.8. The van der Waals surface area contributed by atoms with E-state index < -0.39 is 0 Å². The van der Waals surface area contributed by atoms with Crippen molar-refractivity contribution < 1.29 is 4.42 Å². The molecule has 0 atom stereocenters. The molecule has 0 bridgehead atoms. The molecule has 7 aromatic rings. The Kier molecular flexibility index (Phi) is 4.24. The first kappa shape index (κ1) is 20.1. The number of furan rings is 1. The van der Waals surface area contributed by atoms with Gasteiger partial charge in [0.05, 0.1) is 27.8 Å². The van der Waals surface area contributed by atoms with E-state index in [0.717, 1.165) is 54.9 Å². The number of benzene rings is 5. The van der Waals surface area contributed by atoms with Crippen LogP contribution in [0.4, 0.5) is 0 Å². The van der Waals surface area contributed by atoms with Gasteiger partial charge in [0.15, 0.2) is 0 Å². The molecule has 36 heavy (non-hydrogen) atoms. The highest BCUT2D eigenvalue weighted by atomic mass is 16.3. The first-order valence-corrected chi connectivity index (χ1v) is 11.7. The quantitative estimate of drug-likeness (QED) is 0.262. The lowest BCUT2D eigenvalue weighted by molar-refractivity contribution is 0.669. The Morgan fingerprint density at radius 3 is 2.08 bits per heavy atom. The molecule has 0 spiro atoms. The average Bonchev–Trinajstić information content (AvgIpc) is 3.47. The molecule has 0 fully saturated rings. The Morgan fingerprint density at radius 1 is 0.556 bits per heavy atom. The molecule has 0 unspecified atom stereocenters. The third-order valence-electron chi connectivity index (χ3n) is 6.90. The van der Waals surface area contributed by atoms with Gasteiger partial charge < -0.3 is 8.98 Å². The van der Waals surface area contributed by atoms with Crippen molar-refractivity contribution in [2.45, 2.75) is 0 Å². The Morgan fingerprint density at radius 2 is 1.25 bits per heavy atom. The number of aromatic nitrogens is 1. The van der Waals surface area contributed by atoms with Crippen LogP contribution in [0.2, 0.25) is 0 Å². The van der Waals surface area contributed by atoms with Crippen molar-refractivity contribution in [1.29, 1.82) is 10.5 Å². The maximum absolute atomic E-state index is 9.89. The molecule has 0 N–H and O–H groups in total. The lowest BCUT2D eigenvalue weighted by atomic mass is 10.0. The minimum absolute atomic E-state index is 0.373. The van der Waals surface area contributed by atoms with Gasteiger partial charge in [-0.25, -0.2) is 0 Å². The van der Waals surface area contributed by atoms with E-state index in [0.29, 0.717) is 16.8 Å². The van der Waals surface area contributed by atoms with Gasteiger partial charge in [0.2, 0.25) is 0 Å². The fourth-order valence-electron chi connectivity index (χ4n) is 5.25. The zero-order valence-electron chi connectivity index (χ0n) is 19.1. The summed E-state index contributed by atoms with van der Waals surface area (Å²) in [6.45, 7) is 0. The molecule has 2 aromatic heterocycles. The van der Waals surface area contributed by atoms with Crippen LogP contribution in [-0.4, -0.2) is 4.57 Å². The number of nitrogens with zero attached hydrogens (tertiary/aromatic N) is 3. The van der Waals surface area contributed by atoms with Crippen molar-refractivity contribution in [3.05, 3.63) is 114 Å². The van der Waals surface area contributed by atoms with Gasteiger partial charge in [-0.2, -0.15) is 10.5 Å². The van der Waals surface area contributed by atoms with Crippen LogP contribution < -0.4 is 0 Å². The van der Waals surface area contributed by atoms with Gasteiger partial charge in [0.25, 0.3) is 0 Å². The molecule has 4 nitrogen and oxygen atoms in total. The molecule has 0 amide bonds. The highest BCUT2D eigenvalue weighted by molar-refractivity contribution is 6.11. The van der Waals surface area contributed by atoms with Gasteiger partial charge in [0.1, 0.15) is 23.3 Å². The Hall–Kier alpha value is -5.32. The Labute approximate surface area is 206 Å². The van der Waals surface area contributed by atoms with Crippen molar-refractivity contribution in [2.75, 3.05) is 0 Å². The van der Waals surface area contributed by atoms with Crippen molar-refractivity contribution in [2.24, 2.45) is 0 Å². The van der Waals surface area contributed by atoms with Gasteiger partial charge >= 0.3 is 0 Å². The zero-order valence-corrected chi connectivity index (χ0v) is 19.1. The molecule has 7 rings (SSSR count). The van der Waals surface area contributed by atoms with Crippen molar-refractivity contribution in [3.8, 4) is 29.0 Å². The molecule has 0 radical (unpaired) electrons. The molecule has 166 valence electrons. The Balaban J connectivity index is 1.50. The molecule has 0 aliphatic heterocycles. The molecule has 0 aliphatic rings. The summed E-state index contributed by atoms with van der Waals surface area (Å²) in [5.41, 5.74) is 7.41. The highest BCUT2D eigenvalue weighted by Gasteiger charge is 2.17. The third-order valence-corrected chi connectivity index (χ3v) is 6.90. The summed E-state index contributed by atoms with van der Waals surface area (Å²) in [7, 11) is 0. The Bertz CT molecular complexity index is 2080. The van der Waals surface area contributed by atoms with E-state index >= 15 is 0 Å². The van der Waals surface area contributed by atoms with Gasteiger partial charge in [-0.05, 0) is 59.7 Å². The van der Waals surface area contributed by atoms with Gasteiger partial charge in [-0.1, -0.05) is 54.6 Å². The zero-order chi connectivity index (χ0) is 24.2. The predicted octanol–water partition coefficient (Wildman–Crippen LogP) is 8.09. The number of rotatable bonds is 2. The van der Waals surface area contributed by atoms with E-state index in [1.807, 2.05) is 48.5 Å². The minimum atomic E-state index is 0.373. The number of fused-ring (bicyclic) bond motifs is 6. The van der Waals surface area contributed by atoms with Gasteiger partial charge in [-0.15, -0.1) is 0 Å². The summed E-state index contributed by atoms with van der Waals surface area (Å²) < 4.78 is 8.10. The molecular weight excluding hydrogens is 442 g/mol. The summed E-state index contributed by atoms with van der Waals surface area (Å²) in [6.07, 6.45) is 0. The molecule has 4 heteroatoms. The SMILES string of the molecule is N#Cc1cccc(-n2c3ccccc3c3cc(-c4ccc5oc6ccccc6c5c4)ccc32)c1C#N. The average molecular weight is 460 g/mol. The lowest BCUT2D eigenvalue weighted by Crippen LogP contribution is -1.99. The second-order valence-electron chi connectivity index (χ2n) is 8.82. The summed E-state index contributed by atoms with van der Waals surface area (Å²) in [6, 6.07) is 38.8. The molecular formula is C32H17N3O. The number of nitriles is 2. The van der Waals surface area contributed by atoms with Crippen LogP contribution in [0, 0.1) is 22.7 Å². The smallest absolute Gasteiger partial charge is 0.135 e. The molecule has 0 aliphatic carbocycles. The standard InChI is InChI=1S/C32H17N3O/c33-18-22-6-5-10-29(27(22)19-34)35-28-9-3-1-7-23(28)25-16-20(12-14-30(25)35)21-13-15-32-26(17-21)24-8-2-4-11-31(24)36-32/h1-17H. The fourth-order valence-corrected chi connectivity index (χ4v) is 5.25. The lowest BCUT2D eigenvalue weighted by Gasteiger charge is -2.11. The topological polar surface area (TPSA) is 65.7 Å². The monoisotopic (exact) mass is 459 g/mol. The molecule has 0 saturated carbocycles. The van der Waals surface area contributed by atoms with Crippen molar-refractivity contribution >= 4 is 43.7 Å². The fraction of sp³-hybridized carbons (Fsp3) is 0. The van der Waals surface area contributed by atoms with Crippen LogP contribution in [0.5, 0.6) is 0 Å². The van der Waals surface area contributed by atoms with E-state index in [9.17, 15) is 10.5 Å². The molecule has 5 aromatic carbocycles. The summed E-state index contributed by atoms with van der Waals surface area (Å²) in [4.78, 5) is 0. The van der Waals surface area contributed by atoms with Crippen LogP contribution in [-0.2, 0) is 0 Å². The van der Waals surface area contributed by atoms with Crippen LogP contribution >= 0.6 is 0 Å². The van der Waals surface area contributed by atoms with Crippen molar-refractivity contribution in [1.82, 2.24) is 4.57 Å². The second kappa shape index (κ2) is 7.60. The summed E-state index contributed by atoms with van der Waals surface area (Å²) in [5.74, 6) is 0. The molecule has 2 heterocycles. The van der Waals surface area contributed by atoms with Crippen LogP contribution in [0.1, 0.15) is 11.1 Å². The number of hydrogen-bond acceptors (Lipinski definition) is 3. The van der Waals surface area contributed by atoms with Crippen LogP contribution in [0.3, 0.4) is 0 Å². The predicted molar refractivity (Wildman–Crippen MR) is 143 cm³/mol. The third kappa shape index (κ3) is 2.79. The highest BCUT2D eigenvalue weighted by Crippen LogP contribution is 2.37. The van der Waals surface area contributed by atoms with Crippen LogP contribution in [0.25, 0.3) is 60.6 Å². The number of para-hydroxylation sites is 2. The van der Waals surface area contributed by atoms with E-state index in [1.54, 1.807) is 6.07 Å². The largest absolute Gasteiger partial charge is 0.456 e. The normalized spacial score (nSPS) is 11.3. The van der Waals surface area contributed by atoms with E-state index in [1.165, 1.54) is 0 Å². The van der Waals surface area contributed by atoms with E-state index in [2.05, 4.69) is 65.2 Å². The maximum Gasteiger partial charge on any atom is 0.135 e. The second-order valence-corrected chi connectivity index (χ2v) is 8.82. The van der Waals surface area contributed by atoms with E-state index in [-0.39, 0.29) is 0 Å². The van der Waals surface area contributed by atoms with Gasteiger partial charge in [0, 0.05) is 21.5 Å². The minimum Gasteiger partial charge on any atom is -0.456 e.